The molecule has 1 heterocycles. The molecule has 102 valence electrons. The Bertz CT molecular complexity index is 374. The zero-order valence-corrected chi connectivity index (χ0v) is 11.7. The highest BCUT2D eigenvalue weighted by atomic mass is 16.3. The van der Waals surface area contributed by atoms with Crippen LogP contribution in [0.25, 0.3) is 0 Å². The van der Waals surface area contributed by atoms with Crippen molar-refractivity contribution in [2.24, 2.45) is 5.92 Å². The normalized spacial score (nSPS) is 29.2. The standard InChI is InChI=1S/C15H26N2O/c1-3-6-13-7-5-9-15(18,10-8-13)14-16-11-12-17(14)4-2/h11-13,18H,3-10H2,1-2H3. The maximum absolute atomic E-state index is 10.9. The van der Waals surface area contributed by atoms with Crippen LogP contribution in [-0.4, -0.2) is 14.7 Å². The lowest BCUT2D eigenvalue weighted by atomic mass is 9.91. The first-order valence-corrected chi connectivity index (χ1v) is 7.43. The minimum Gasteiger partial charge on any atom is -0.382 e. The quantitative estimate of drug-likeness (QED) is 0.831. The van der Waals surface area contributed by atoms with Crippen LogP contribution in [0, 0.1) is 5.92 Å². The number of hydrogen-bond acceptors (Lipinski definition) is 2. The van der Waals surface area contributed by atoms with Gasteiger partial charge in [-0.2, -0.15) is 0 Å². The first-order valence-electron chi connectivity index (χ1n) is 7.43. The predicted molar refractivity (Wildman–Crippen MR) is 73.3 cm³/mol. The summed E-state index contributed by atoms with van der Waals surface area (Å²) >= 11 is 0. The van der Waals surface area contributed by atoms with Crippen molar-refractivity contribution in [3.05, 3.63) is 18.2 Å². The molecule has 3 heteroatoms. The fourth-order valence-electron chi connectivity index (χ4n) is 3.29. The van der Waals surface area contributed by atoms with Gasteiger partial charge in [-0.25, -0.2) is 4.98 Å². The molecule has 1 fully saturated rings. The molecule has 0 aliphatic heterocycles. The summed E-state index contributed by atoms with van der Waals surface area (Å²) in [5.41, 5.74) is -0.692. The zero-order chi connectivity index (χ0) is 13.0. The van der Waals surface area contributed by atoms with Crippen LogP contribution >= 0.6 is 0 Å². The van der Waals surface area contributed by atoms with Crippen molar-refractivity contribution in [1.82, 2.24) is 9.55 Å². The molecule has 1 saturated carbocycles. The lowest BCUT2D eigenvalue weighted by Crippen LogP contribution is -2.29. The third-order valence-corrected chi connectivity index (χ3v) is 4.34. The van der Waals surface area contributed by atoms with Crippen LogP contribution in [0.1, 0.15) is 64.6 Å². The van der Waals surface area contributed by atoms with E-state index >= 15 is 0 Å². The molecule has 0 saturated heterocycles. The number of aliphatic hydroxyl groups is 1. The molecule has 18 heavy (non-hydrogen) atoms. The molecule has 3 nitrogen and oxygen atoms in total. The summed E-state index contributed by atoms with van der Waals surface area (Å²) in [5, 5.41) is 10.9. The van der Waals surface area contributed by atoms with Crippen molar-refractivity contribution in [3.8, 4) is 0 Å². The van der Waals surface area contributed by atoms with Gasteiger partial charge in [-0.1, -0.05) is 26.2 Å². The average molecular weight is 250 g/mol. The zero-order valence-electron chi connectivity index (χ0n) is 11.7. The van der Waals surface area contributed by atoms with Crippen molar-refractivity contribution in [3.63, 3.8) is 0 Å². The van der Waals surface area contributed by atoms with Crippen molar-refractivity contribution in [2.45, 2.75) is 70.9 Å². The molecule has 0 radical (unpaired) electrons. The van der Waals surface area contributed by atoms with E-state index in [0.717, 1.165) is 44.0 Å². The lowest BCUT2D eigenvalue weighted by molar-refractivity contribution is 0.00752. The second-order valence-electron chi connectivity index (χ2n) is 5.65. The number of hydrogen-bond donors (Lipinski definition) is 1. The maximum Gasteiger partial charge on any atom is 0.140 e. The topological polar surface area (TPSA) is 38.1 Å². The van der Waals surface area contributed by atoms with E-state index in [1.807, 2.05) is 12.4 Å². The molecule has 1 aromatic heterocycles. The van der Waals surface area contributed by atoms with E-state index < -0.39 is 5.60 Å². The van der Waals surface area contributed by atoms with Crippen molar-refractivity contribution < 1.29 is 5.11 Å². The highest BCUT2D eigenvalue weighted by Crippen LogP contribution is 2.38. The summed E-state index contributed by atoms with van der Waals surface area (Å²) in [6, 6.07) is 0. The Morgan fingerprint density at radius 1 is 1.39 bits per heavy atom. The van der Waals surface area contributed by atoms with E-state index in [9.17, 15) is 5.11 Å². The highest BCUT2D eigenvalue weighted by Gasteiger charge is 2.35. The molecule has 0 bridgehead atoms. The van der Waals surface area contributed by atoms with Gasteiger partial charge in [0.15, 0.2) is 0 Å². The molecule has 0 amide bonds. The van der Waals surface area contributed by atoms with Gasteiger partial charge < -0.3 is 9.67 Å². The summed E-state index contributed by atoms with van der Waals surface area (Å²) in [5.74, 6) is 1.68. The van der Waals surface area contributed by atoms with E-state index in [4.69, 9.17) is 0 Å². The molecule has 0 aromatic carbocycles. The second kappa shape index (κ2) is 5.87. The Hall–Kier alpha value is -0.830. The Balaban J connectivity index is 2.11. The van der Waals surface area contributed by atoms with Crippen LogP contribution in [0.4, 0.5) is 0 Å². The van der Waals surface area contributed by atoms with Gasteiger partial charge in [-0.15, -0.1) is 0 Å². The van der Waals surface area contributed by atoms with Crippen LogP contribution in [0.2, 0.25) is 0 Å². The van der Waals surface area contributed by atoms with Gasteiger partial charge in [0.2, 0.25) is 0 Å². The molecule has 0 spiro atoms. The van der Waals surface area contributed by atoms with E-state index in [0.29, 0.717) is 0 Å². The van der Waals surface area contributed by atoms with E-state index in [2.05, 4.69) is 23.4 Å². The van der Waals surface area contributed by atoms with Gasteiger partial charge in [-0.05, 0) is 38.5 Å². The summed E-state index contributed by atoms with van der Waals surface area (Å²) in [7, 11) is 0. The molecule has 1 aromatic rings. The minimum absolute atomic E-state index is 0.692. The number of rotatable bonds is 4. The molecule has 1 aliphatic rings. The Morgan fingerprint density at radius 3 is 2.94 bits per heavy atom. The molecule has 2 rings (SSSR count). The third-order valence-electron chi connectivity index (χ3n) is 4.34. The summed E-state index contributed by atoms with van der Waals surface area (Å²) in [6.07, 6.45) is 11.6. The highest BCUT2D eigenvalue weighted by molar-refractivity contribution is 5.06. The summed E-state index contributed by atoms with van der Waals surface area (Å²) < 4.78 is 2.08. The molecule has 2 unspecified atom stereocenters. The monoisotopic (exact) mass is 250 g/mol. The van der Waals surface area contributed by atoms with Gasteiger partial charge in [0.1, 0.15) is 11.4 Å². The smallest absolute Gasteiger partial charge is 0.140 e. The molecular weight excluding hydrogens is 224 g/mol. The number of nitrogens with zero attached hydrogens (tertiary/aromatic N) is 2. The number of aromatic nitrogens is 2. The van der Waals surface area contributed by atoms with Crippen LogP contribution in [0.3, 0.4) is 0 Å². The predicted octanol–water partition coefficient (Wildman–Crippen LogP) is 3.47. The van der Waals surface area contributed by atoms with Gasteiger partial charge in [0, 0.05) is 18.9 Å². The third kappa shape index (κ3) is 2.77. The average Bonchev–Trinajstić information content (AvgIpc) is 2.77. The lowest BCUT2D eigenvalue weighted by Gasteiger charge is -2.26. The van der Waals surface area contributed by atoms with Crippen molar-refractivity contribution in [2.75, 3.05) is 0 Å². The number of aryl methyl sites for hydroxylation is 1. The Kier molecular flexibility index (Phi) is 4.44. The Labute approximate surface area is 110 Å². The largest absolute Gasteiger partial charge is 0.382 e. The molecule has 1 aliphatic carbocycles. The van der Waals surface area contributed by atoms with Crippen LogP contribution in [0.15, 0.2) is 12.4 Å². The molecule has 1 N–H and O–H groups in total. The van der Waals surface area contributed by atoms with Crippen LogP contribution < -0.4 is 0 Å². The minimum atomic E-state index is -0.692. The van der Waals surface area contributed by atoms with Gasteiger partial charge in [0.25, 0.3) is 0 Å². The maximum atomic E-state index is 10.9. The number of imidazole rings is 1. The van der Waals surface area contributed by atoms with E-state index in [1.54, 1.807) is 0 Å². The fraction of sp³-hybridized carbons (Fsp3) is 0.800. The SMILES string of the molecule is CCCC1CCCC(O)(c2nccn2CC)CC1. The molecule has 2 atom stereocenters. The second-order valence-corrected chi connectivity index (χ2v) is 5.65. The van der Waals surface area contributed by atoms with E-state index in [-0.39, 0.29) is 0 Å². The van der Waals surface area contributed by atoms with Gasteiger partial charge >= 0.3 is 0 Å². The van der Waals surface area contributed by atoms with Gasteiger partial charge in [0.05, 0.1) is 0 Å². The van der Waals surface area contributed by atoms with Crippen LogP contribution in [0.5, 0.6) is 0 Å². The van der Waals surface area contributed by atoms with Crippen LogP contribution in [-0.2, 0) is 12.1 Å². The van der Waals surface area contributed by atoms with Crippen molar-refractivity contribution >= 4 is 0 Å². The van der Waals surface area contributed by atoms with Crippen molar-refractivity contribution in [1.29, 1.82) is 0 Å². The Morgan fingerprint density at radius 2 is 2.22 bits per heavy atom. The first kappa shape index (κ1) is 13.6. The van der Waals surface area contributed by atoms with E-state index in [1.165, 1.54) is 19.3 Å². The first-order chi connectivity index (χ1) is 8.69. The summed E-state index contributed by atoms with van der Waals surface area (Å²) in [6.45, 7) is 5.24. The fourth-order valence-corrected chi connectivity index (χ4v) is 3.29. The van der Waals surface area contributed by atoms with Gasteiger partial charge in [-0.3, -0.25) is 0 Å². The summed E-state index contributed by atoms with van der Waals surface area (Å²) in [4.78, 5) is 4.41. The molecular formula is C15H26N2O.